The molecule has 0 atom stereocenters. The van der Waals surface area contributed by atoms with E-state index in [0.29, 0.717) is 10.9 Å². The Kier molecular flexibility index (Phi) is 2.45. The first kappa shape index (κ1) is 11.0. The number of hydrogen-bond donors (Lipinski definition) is 2. The van der Waals surface area contributed by atoms with Gasteiger partial charge in [-0.15, -0.1) is 0 Å². The van der Waals surface area contributed by atoms with Gasteiger partial charge in [0.05, 0.1) is 0 Å². The summed E-state index contributed by atoms with van der Waals surface area (Å²) in [6, 6.07) is 9.79. The zero-order valence-electron chi connectivity index (χ0n) is 9.11. The molecule has 3 aromatic rings. The number of aromatic nitrogens is 2. The Hall–Kier alpha value is -2.07. The van der Waals surface area contributed by atoms with Gasteiger partial charge in [-0.3, -0.25) is 0 Å². The number of H-pyrrole nitrogens is 1. The van der Waals surface area contributed by atoms with E-state index >= 15 is 0 Å². The molecule has 18 heavy (non-hydrogen) atoms. The second kappa shape index (κ2) is 3.99. The minimum atomic E-state index is -0.448. The molecule has 1 aromatic carbocycles. The highest BCUT2D eigenvalue weighted by Gasteiger charge is 2.17. The van der Waals surface area contributed by atoms with Crippen LogP contribution in [0.4, 0.5) is 4.39 Å². The van der Waals surface area contributed by atoms with Crippen molar-refractivity contribution in [1.82, 2.24) is 9.97 Å². The minimum Gasteiger partial charge on any atom is -0.506 e. The van der Waals surface area contributed by atoms with Crippen LogP contribution < -0.4 is 0 Å². The number of nitrogens with one attached hydrogen (secondary N) is 1. The van der Waals surface area contributed by atoms with E-state index in [1.807, 2.05) is 0 Å². The van der Waals surface area contributed by atoms with E-state index < -0.39 is 5.82 Å². The Bertz CT molecular complexity index is 739. The summed E-state index contributed by atoms with van der Waals surface area (Å²) in [5.41, 5.74) is 0.888. The summed E-state index contributed by atoms with van der Waals surface area (Å²) < 4.78 is 14.2. The molecule has 3 rings (SSSR count). The smallest absolute Gasteiger partial charge is 0.158 e. The van der Waals surface area contributed by atoms with Gasteiger partial charge in [-0.25, -0.2) is 9.37 Å². The molecule has 0 aliphatic carbocycles. The van der Waals surface area contributed by atoms with Crippen molar-refractivity contribution in [3.8, 4) is 17.1 Å². The molecule has 3 nitrogen and oxygen atoms in total. The molecule has 0 bridgehead atoms. The average Bonchev–Trinajstić information content (AvgIpc) is 2.71. The summed E-state index contributed by atoms with van der Waals surface area (Å²) in [5.74, 6) is -0.569. The van der Waals surface area contributed by atoms with Crippen LogP contribution in [0.3, 0.4) is 0 Å². The highest BCUT2D eigenvalue weighted by molar-refractivity contribution is 6.29. The number of benzene rings is 1. The van der Waals surface area contributed by atoms with E-state index in [1.54, 1.807) is 24.3 Å². The first-order valence-corrected chi connectivity index (χ1v) is 5.66. The van der Waals surface area contributed by atoms with Crippen LogP contribution in [0.5, 0.6) is 5.75 Å². The van der Waals surface area contributed by atoms with Crippen molar-refractivity contribution in [3.63, 3.8) is 0 Å². The second-order valence-electron chi connectivity index (χ2n) is 3.86. The number of fused-ring (bicyclic) bond motifs is 1. The van der Waals surface area contributed by atoms with E-state index in [9.17, 15) is 9.50 Å². The molecule has 0 unspecified atom stereocenters. The van der Waals surface area contributed by atoms with E-state index in [1.165, 1.54) is 12.1 Å². The maximum atomic E-state index is 14.2. The molecule has 2 heterocycles. The normalized spacial score (nSPS) is 11.0. The van der Waals surface area contributed by atoms with Crippen LogP contribution in [0.2, 0.25) is 5.15 Å². The number of aromatic amines is 1. The third-order valence-electron chi connectivity index (χ3n) is 2.72. The van der Waals surface area contributed by atoms with Gasteiger partial charge in [0.2, 0.25) is 0 Å². The number of para-hydroxylation sites is 1. The summed E-state index contributed by atoms with van der Waals surface area (Å²) in [4.78, 5) is 6.84. The number of hydrogen-bond acceptors (Lipinski definition) is 2. The van der Waals surface area contributed by atoms with Crippen LogP contribution in [0.1, 0.15) is 0 Å². The van der Waals surface area contributed by atoms with Gasteiger partial charge < -0.3 is 10.1 Å². The molecule has 2 N–H and O–H groups in total. The summed E-state index contributed by atoms with van der Waals surface area (Å²) in [6.45, 7) is 0. The number of rotatable bonds is 1. The predicted molar refractivity (Wildman–Crippen MR) is 68.2 cm³/mol. The van der Waals surface area contributed by atoms with E-state index in [2.05, 4.69) is 9.97 Å². The molecule has 0 radical (unpaired) electrons. The van der Waals surface area contributed by atoms with Gasteiger partial charge in [0.25, 0.3) is 0 Å². The number of nitrogens with zero attached hydrogens (tertiary/aromatic N) is 1. The SMILES string of the molecule is Oc1ccc(Cl)nc1-c1[nH]c2ccccc2c1F. The maximum absolute atomic E-state index is 14.2. The first-order chi connectivity index (χ1) is 8.66. The van der Waals surface area contributed by atoms with Crippen molar-refractivity contribution in [2.45, 2.75) is 0 Å². The lowest BCUT2D eigenvalue weighted by atomic mass is 10.2. The molecule has 0 saturated heterocycles. The average molecular weight is 263 g/mol. The van der Waals surface area contributed by atoms with Crippen molar-refractivity contribution in [2.24, 2.45) is 0 Å². The molecular formula is C13H8ClFN2O. The highest BCUT2D eigenvalue weighted by Crippen LogP contribution is 2.33. The largest absolute Gasteiger partial charge is 0.506 e. The molecular weight excluding hydrogens is 255 g/mol. The second-order valence-corrected chi connectivity index (χ2v) is 4.25. The van der Waals surface area contributed by atoms with Gasteiger partial charge in [0.15, 0.2) is 5.82 Å². The predicted octanol–water partition coefficient (Wildman–Crippen LogP) is 3.73. The highest BCUT2D eigenvalue weighted by atomic mass is 35.5. The van der Waals surface area contributed by atoms with Gasteiger partial charge in [-0.1, -0.05) is 23.7 Å². The van der Waals surface area contributed by atoms with Gasteiger partial charge in [-0.05, 0) is 24.3 Å². The Labute approximate surface area is 107 Å². The number of aromatic hydroxyl groups is 1. The van der Waals surface area contributed by atoms with Crippen molar-refractivity contribution < 1.29 is 9.50 Å². The van der Waals surface area contributed by atoms with Crippen molar-refractivity contribution in [2.75, 3.05) is 0 Å². The fraction of sp³-hybridized carbons (Fsp3) is 0. The first-order valence-electron chi connectivity index (χ1n) is 5.29. The van der Waals surface area contributed by atoms with E-state index in [4.69, 9.17) is 11.6 Å². The zero-order valence-corrected chi connectivity index (χ0v) is 9.87. The van der Waals surface area contributed by atoms with Crippen LogP contribution in [-0.4, -0.2) is 15.1 Å². The lowest BCUT2D eigenvalue weighted by Crippen LogP contribution is -1.87. The molecule has 5 heteroatoms. The summed E-state index contributed by atoms with van der Waals surface area (Å²) in [7, 11) is 0. The van der Waals surface area contributed by atoms with Crippen LogP contribution >= 0.6 is 11.6 Å². The third kappa shape index (κ3) is 1.62. The lowest BCUT2D eigenvalue weighted by molar-refractivity contribution is 0.474. The molecule has 2 aromatic heterocycles. The van der Waals surface area contributed by atoms with Crippen LogP contribution in [0, 0.1) is 5.82 Å². The summed E-state index contributed by atoms with van der Waals surface area (Å²) in [6.07, 6.45) is 0. The Morgan fingerprint density at radius 2 is 1.94 bits per heavy atom. The standard InChI is InChI=1S/C13H8ClFN2O/c14-10-6-5-9(18)12(17-10)13-11(15)7-3-1-2-4-8(7)16-13/h1-6,16,18H. The lowest BCUT2D eigenvalue weighted by Gasteiger charge is -2.01. The number of halogens is 2. The van der Waals surface area contributed by atoms with Gasteiger partial charge >= 0.3 is 0 Å². The van der Waals surface area contributed by atoms with Crippen molar-refractivity contribution >= 4 is 22.5 Å². The van der Waals surface area contributed by atoms with Crippen molar-refractivity contribution in [1.29, 1.82) is 0 Å². The maximum Gasteiger partial charge on any atom is 0.158 e. The monoisotopic (exact) mass is 262 g/mol. The van der Waals surface area contributed by atoms with E-state index in [-0.39, 0.29) is 22.3 Å². The topological polar surface area (TPSA) is 48.9 Å². The fourth-order valence-electron chi connectivity index (χ4n) is 1.88. The van der Waals surface area contributed by atoms with Gasteiger partial charge in [0, 0.05) is 10.9 Å². The fourth-order valence-corrected chi connectivity index (χ4v) is 2.03. The van der Waals surface area contributed by atoms with Crippen molar-refractivity contribution in [3.05, 3.63) is 47.4 Å². The summed E-state index contributed by atoms with van der Waals surface area (Å²) in [5, 5.41) is 10.4. The van der Waals surface area contributed by atoms with Gasteiger partial charge in [0.1, 0.15) is 22.3 Å². The molecule has 0 aliphatic rings. The van der Waals surface area contributed by atoms with E-state index in [0.717, 1.165) is 0 Å². The Morgan fingerprint density at radius 1 is 1.17 bits per heavy atom. The molecule has 0 aliphatic heterocycles. The van der Waals surface area contributed by atoms with Crippen LogP contribution in [0.25, 0.3) is 22.3 Å². The number of pyridine rings is 1. The molecule has 0 saturated carbocycles. The van der Waals surface area contributed by atoms with Crippen LogP contribution in [0.15, 0.2) is 36.4 Å². The third-order valence-corrected chi connectivity index (χ3v) is 2.93. The molecule has 0 spiro atoms. The zero-order chi connectivity index (χ0) is 12.7. The van der Waals surface area contributed by atoms with Crippen LogP contribution in [-0.2, 0) is 0 Å². The molecule has 0 amide bonds. The Balaban J connectivity index is 2.31. The summed E-state index contributed by atoms with van der Waals surface area (Å²) >= 11 is 5.76. The molecule has 0 fully saturated rings. The molecule has 90 valence electrons. The minimum absolute atomic E-state index is 0.108. The quantitative estimate of drug-likeness (QED) is 0.657. The Morgan fingerprint density at radius 3 is 2.72 bits per heavy atom. The van der Waals surface area contributed by atoms with Gasteiger partial charge in [-0.2, -0.15) is 0 Å².